The van der Waals surface area contributed by atoms with Crippen molar-refractivity contribution in [2.75, 3.05) is 13.1 Å². The van der Waals surface area contributed by atoms with E-state index in [-0.39, 0.29) is 16.8 Å². The molecular formula is C19H29N3O3S. The van der Waals surface area contributed by atoms with Gasteiger partial charge in [-0.1, -0.05) is 25.0 Å². The summed E-state index contributed by atoms with van der Waals surface area (Å²) >= 11 is 0. The molecule has 3 rings (SSSR count). The molecule has 0 radical (unpaired) electrons. The number of nitrogens with two attached hydrogens (primary N) is 1. The SMILES string of the molecule is C[C@@H](NC(=O)CN1CCC[C@H]2CCCC[C@@H]21)c1ccc(S(N)(=O)=O)cc1. The van der Waals surface area contributed by atoms with Gasteiger partial charge in [0.15, 0.2) is 0 Å². The number of sulfonamides is 1. The molecule has 1 amide bonds. The van der Waals surface area contributed by atoms with Crippen molar-refractivity contribution in [2.24, 2.45) is 11.1 Å². The Labute approximate surface area is 156 Å². The van der Waals surface area contributed by atoms with E-state index in [9.17, 15) is 13.2 Å². The average Bonchev–Trinajstić information content (AvgIpc) is 2.61. The molecule has 1 aromatic carbocycles. The van der Waals surface area contributed by atoms with Crippen LogP contribution in [-0.4, -0.2) is 38.4 Å². The number of primary sulfonamides is 1. The van der Waals surface area contributed by atoms with E-state index >= 15 is 0 Å². The number of likely N-dealkylation sites (tertiary alicyclic amines) is 1. The topological polar surface area (TPSA) is 92.5 Å². The number of benzene rings is 1. The van der Waals surface area contributed by atoms with Gasteiger partial charge < -0.3 is 5.32 Å². The van der Waals surface area contributed by atoms with Crippen LogP contribution in [0.1, 0.15) is 57.1 Å². The van der Waals surface area contributed by atoms with Gasteiger partial charge in [0.2, 0.25) is 15.9 Å². The highest BCUT2D eigenvalue weighted by Gasteiger charge is 2.33. The summed E-state index contributed by atoms with van der Waals surface area (Å²) in [5.41, 5.74) is 0.861. The molecule has 6 nitrogen and oxygen atoms in total. The first kappa shape index (κ1) is 19.3. The maximum atomic E-state index is 12.5. The van der Waals surface area contributed by atoms with Crippen LogP contribution < -0.4 is 10.5 Å². The van der Waals surface area contributed by atoms with Crippen molar-refractivity contribution in [3.63, 3.8) is 0 Å². The predicted octanol–water partition coefficient (Wildman–Crippen LogP) is 2.17. The summed E-state index contributed by atoms with van der Waals surface area (Å²) in [6.45, 7) is 3.36. The lowest BCUT2D eigenvalue weighted by Gasteiger charge is -2.43. The molecule has 0 unspecified atom stereocenters. The summed E-state index contributed by atoms with van der Waals surface area (Å²) in [6, 6.07) is 6.73. The van der Waals surface area contributed by atoms with Crippen LogP contribution in [0, 0.1) is 5.92 Å². The van der Waals surface area contributed by atoms with E-state index in [1.54, 1.807) is 12.1 Å². The Morgan fingerprint density at radius 2 is 1.85 bits per heavy atom. The standard InChI is InChI=1S/C19H29N3O3S/c1-14(15-8-10-17(11-9-15)26(20,24)25)21-19(23)13-22-12-4-6-16-5-2-3-7-18(16)22/h8-11,14,16,18H,2-7,12-13H2,1H3,(H,21,23)(H2,20,24,25)/t14-,16-,18+/m1/s1. The molecule has 1 saturated carbocycles. The number of piperidine rings is 1. The third kappa shape index (κ3) is 4.64. The van der Waals surface area contributed by atoms with E-state index in [1.165, 1.54) is 50.7 Å². The molecule has 3 N–H and O–H groups in total. The first-order valence-electron chi connectivity index (χ1n) is 9.51. The first-order chi connectivity index (χ1) is 12.3. The fourth-order valence-corrected chi connectivity index (χ4v) is 4.94. The fourth-order valence-electron chi connectivity index (χ4n) is 4.43. The molecule has 1 saturated heterocycles. The largest absolute Gasteiger partial charge is 0.348 e. The van der Waals surface area contributed by atoms with E-state index in [0.717, 1.165) is 18.0 Å². The second kappa shape index (κ2) is 8.06. The minimum atomic E-state index is -3.69. The summed E-state index contributed by atoms with van der Waals surface area (Å²) in [7, 11) is -3.69. The summed E-state index contributed by atoms with van der Waals surface area (Å²) in [4.78, 5) is 15.0. The minimum Gasteiger partial charge on any atom is -0.348 e. The summed E-state index contributed by atoms with van der Waals surface area (Å²) in [5.74, 6) is 0.785. The van der Waals surface area contributed by atoms with Crippen molar-refractivity contribution < 1.29 is 13.2 Å². The molecule has 2 fully saturated rings. The van der Waals surface area contributed by atoms with Crippen LogP contribution in [0.15, 0.2) is 29.2 Å². The molecule has 2 aliphatic rings. The fraction of sp³-hybridized carbons (Fsp3) is 0.632. The molecule has 144 valence electrons. The lowest BCUT2D eigenvalue weighted by molar-refractivity contribution is -0.124. The third-order valence-corrected chi connectivity index (χ3v) is 6.72. The number of carbonyl (C=O) groups is 1. The number of fused-ring (bicyclic) bond motifs is 1. The van der Waals surface area contributed by atoms with E-state index in [4.69, 9.17) is 5.14 Å². The van der Waals surface area contributed by atoms with Crippen LogP contribution in [0.4, 0.5) is 0 Å². The molecule has 1 aromatic rings. The molecule has 1 aliphatic carbocycles. The van der Waals surface area contributed by atoms with Crippen LogP contribution in [0.5, 0.6) is 0 Å². The number of hydrogen-bond donors (Lipinski definition) is 2. The number of nitrogens with one attached hydrogen (secondary N) is 1. The van der Waals surface area contributed by atoms with Gasteiger partial charge in [-0.2, -0.15) is 0 Å². The number of carbonyl (C=O) groups excluding carboxylic acids is 1. The second-order valence-electron chi connectivity index (χ2n) is 7.63. The van der Waals surface area contributed by atoms with Crippen molar-refractivity contribution >= 4 is 15.9 Å². The van der Waals surface area contributed by atoms with Crippen molar-refractivity contribution in [3.8, 4) is 0 Å². The molecule has 1 aliphatic heterocycles. The number of rotatable bonds is 5. The van der Waals surface area contributed by atoms with Gasteiger partial charge in [0.25, 0.3) is 0 Å². The normalized spacial score (nSPS) is 25.3. The van der Waals surface area contributed by atoms with Crippen molar-refractivity contribution in [3.05, 3.63) is 29.8 Å². The van der Waals surface area contributed by atoms with E-state index in [2.05, 4.69) is 10.2 Å². The highest BCUT2D eigenvalue weighted by Crippen LogP contribution is 2.35. The second-order valence-corrected chi connectivity index (χ2v) is 9.19. The quantitative estimate of drug-likeness (QED) is 0.820. The highest BCUT2D eigenvalue weighted by atomic mass is 32.2. The minimum absolute atomic E-state index is 0.0271. The lowest BCUT2D eigenvalue weighted by atomic mass is 9.78. The zero-order valence-corrected chi connectivity index (χ0v) is 16.2. The van der Waals surface area contributed by atoms with Gasteiger partial charge in [-0.3, -0.25) is 9.69 Å². The Morgan fingerprint density at radius 1 is 1.19 bits per heavy atom. The Balaban J connectivity index is 1.57. The predicted molar refractivity (Wildman–Crippen MR) is 101 cm³/mol. The van der Waals surface area contributed by atoms with Gasteiger partial charge in [-0.05, 0) is 62.8 Å². The third-order valence-electron chi connectivity index (χ3n) is 5.79. The average molecular weight is 380 g/mol. The number of hydrogen-bond acceptors (Lipinski definition) is 4. The van der Waals surface area contributed by atoms with E-state index in [1.807, 2.05) is 6.92 Å². The molecule has 1 heterocycles. The van der Waals surface area contributed by atoms with Crippen molar-refractivity contribution in [2.45, 2.75) is 62.4 Å². The lowest BCUT2D eigenvalue weighted by Crippen LogP contribution is -2.50. The van der Waals surface area contributed by atoms with Gasteiger partial charge in [0.1, 0.15) is 0 Å². The van der Waals surface area contributed by atoms with Gasteiger partial charge in [-0.25, -0.2) is 13.6 Å². The van der Waals surface area contributed by atoms with Crippen LogP contribution in [0.2, 0.25) is 0 Å². The van der Waals surface area contributed by atoms with Crippen LogP contribution in [0.25, 0.3) is 0 Å². The van der Waals surface area contributed by atoms with Crippen LogP contribution >= 0.6 is 0 Å². The number of amides is 1. The van der Waals surface area contributed by atoms with E-state index < -0.39 is 10.0 Å². The van der Waals surface area contributed by atoms with Crippen LogP contribution in [0.3, 0.4) is 0 Å². The molecule has 26 heavy (non-hydrogen) atoms. The van der Waals surface area contributed by atoms with Crippen LogP contribution in [-0.2, 0) is 14.8 Å². The smallest absolute Gasteiger partial charge is 0.238 e. The molecule has 0 spiro atoms. The monoisotopic (exact) mass is 379 g/mol. The van der Waals surface area contributed by atoms with Gasteiger partial charge in [-0.15, -0.1) is 0 Å². The van der Waals surface area contributed by atoms with Crippen molar-refractivity contribution in [1.82, 2.24) is 10.2 Å². The van der Waals surface area contributed by atoms with Crippen molar-refractivity contribution in [1.29, 1.82) is 0 Å². The molecule has 0 aromatic heterocycles. The summed E-state index contributed by atoms with van der Waals surface area (Å²) in [5, 5.41) is 8.15. The summed E-state index contributed by atoms with van der Waals surface area (Å²) in [6.07, 6.45) is 7.59. The molecular weight excluding hydrogens is 350 g/mol. The molecule has 7 heteroatoms. The van der Waals surface area contributed by atoms with Gasteiger partial charge in [0, 0.05) is 6.04 Å². The highest BCUT2D eigenvalue weighted by molar-refractivity contribution is 7.89. The van der Waals surface area contributed by atoms with Gasteiger partial charge in [0.05, 0.1) is 17.5 Å². The maximum absolute atomic E-state index is 12.5. The molecule has 3 atom stereocenters. The number of nitrogens with zero attached hydrogens (tertiary/aromatic N) is 1. The maximum Gasteiger partial charge on any atom is 0.238 e. The zero-order valence-electron chi connectivity index (χ0n) is 15.4. The Hall–Kier alpha value is -1.44. The zero-order chi connectivity index (χ0) is 18.7. The Bertz CT molecular complexity index is 731. The van der Waals surface area contributed by atoms with Gasteiger partial charge >= 0.3 is 0 Å². The Morgan fingerprint density at radius 3 is 2.54 bits per heavy atom. The first-order valence-corrected chi connectivity index (χ1v) is 11.1. The summed E-state index contributed by atoms with van der Waals surface area (Å²) < 4.78 is 22.7. The Kier molecular flexibility index (Phi) is 5.99. The van der Waals surface area contributed by atoms with E-state index in [0.29, 0.717) is 12.6 Å². The molecule has 0 bridgehead atoms.